The number of nitrogens with zero attached hydrogens (tertiary/aromatic N) is 1. The highest BCUT2D eigenvalue weighted by Gasteiger charge is 2.21. The van der Waals surface area contributed by atoms with Crippen molar-refractivity contribution in [2.45, 2.75) is 39.3 Å². The molecule has 1 aromatic carbocycles. The lowest BCUT2D eigenvalue weighted by Gasteiger charge is -2.23. The van der Waals surface area contributed by atoms with Gasteiger partial charge >= 0.3 is 0 Å². The molecule has 1 atom stereocenters. The minimum atomic E-state index is -3.58. The van der Waals surface area contributed by atoms with Gasteiger partial charge in [-0.2, -0.15) is 17.4 Å². The number of hydrogen-bond donors (Lipinski definition) is 2. The van der Waals surface area contributed by atoms with Crippen LogP contribution in [0.5, 0.6) is 0 Å². The van der Waals surface area contributed by atoms with Gasteiger partial charge in [-0.25, -0.2) is 0 Å². The summed E-state index contributed by atoms with van der Waals surface area (Å²) in [5.41, 5.74) is 0.922. The molecule has 5 nitrogen and oxygen atoms in total. The molecule has 6 heteroatoms. The van der Waals surface area contributed by atoms with Crippen molar-refractivity contribution in [3.05, 3.63) is 35.9 Å². The molecule has 21 heavy (non-hydrogen) atoms. The quantitative estimate of drug-likeness (QED) is 0.729. The van der Waals surface area contributed by atoms with Crippen molar-refractivity contribution >= 4 is 10.2 Å². The minimum Gasteiger partial charge on any atom is -0.391 e. The number of aliphatic hydroxyl groups is 1. The molecule has 0 amide bonds. The van der Waals surface area contributed by atoms with Crippen LogP contribution in [0.4, 0.5) is 0 Å². The molecule has 0 aliphatic heterocycles. The Bertz CT molecular complexity index is 501. The van der Waals surface area contributed by atoms with Crippen LogP contribution < -0.4 is 4.72 Å². The van der Waals surface area contributed by atoms with Crippen LogP contribution in [0.2, 0.25) is 0 Å². The lowest BCUT2D eigenvalue weighted by atomic mass is 9.97. The second-order valence-corrected chi connectivity index (χ2v) is 7.10. The van der Waals surface area contributed by atoms with E-state index >= 15 is 0 Å². The number of hydrogen-bond acceptors (Lipinski definition) is 3. The summed E-state index contributed by atoms with van der Waals surface area (Å²) in [6, 6.07) is 9.40. The first kappa shape index (κ1) is 18.1. The second kappa shape index (κ2) is 8.48. The Morgan fingerprint density at radius 1 is 1.19 bits per heavy atom. The van der Waals surface area contributed by atoms with Crippen LogP contribution in [-0.4, -0.2) is 37.5 Å². The zero-order valence-electron chi connectivity index (χ0n) is 13.0. The summed E-state index contributed by atoms with van der Waals surface area (Å²) < 4.78 is 28.0. The van der Waals surface area contributed by atoms with Gasteiger partial charge in [0.15, 0.2) is 0 Å². The highest BCUT2D eigenvalue weighted by Crippen LogP contribution is 2.13. The van der Waals surface area contributed by atoms with E-state index in [-0.39, 0.29) is 12.5 Å². The molecule has 0 heterocycles. The van der Waals surface area contributed by atoms with Crippen molar-refractivity contribution in [1.29, 1.82) is 0 Å². The monoisotopic (exact) mass is 314 g/mol. The van der Waals surface area contributed by atoms with E-state index in [1.807, 2.05) is 44.2 Å². The van der Waals surface area contributed by atoms with Crippen LogP contribution in [0, 0.1) is 5.92 Å². The van der Waals surface area contributed by atoms with Crippen molar-refractivity contribution in [3.63, 3.8) is 0 Å². The Labute approximate surface area is 128 Å². The van der Waals surface area contributed by atoms with Gasteiger partial charge in [-0.3, -0.25) is 0 Å². The van der Waals surface area contributed by atoms with Crippen LogP contribution in [0.15, 0.2) is 30.3 Å². The lowest BCUT2D eigenvalue weighted by Crippen LogP contribution is -2.42. The first-order valence-electron chi connectivity index (χ1n) is 7.33. The Morgan fingerprint density at radius 3 is 2.29 bits per heavy atom. The molecule has 120 valence electrons. The van der Waals surface area contributed by atoms with E-state index in [1.54, 1.807) is 0 Å². The lowest BCUT2D eigenvalue weighted by molar-refractivity contribution is 0.106. The zero-order valence-corrected chi connectivity index (χ0v) is 13.8. The summed E-state index contributed by atoms with van der Waals surface area (Å²) in [6.07, 6.45) is 1.01. The summed E-state index contributed by atoms with van der Waals surface area (Å²) in [7, 11) is -2.05. The molecule has 0 saturated heterocycles. The number of nitrogens with one attached hydrogen (secondary N) is 1. The van der Waals surface area contributed by atoms with Gasteiger partial charge in [0.1, 0.15) is 0 Å². The van der Waals surface area contributed by atoms with E-state index in [0.717, 1.165) is 18.4 Å². The molecule has 0 radical (unpaired) electrons. The van der Waals surface area contributed by atoms with E-state index in [1.165, 1.54) is 11.4 Å². The Hall–Kier alpha value is -0.950. The summed E-state index contributed by atoms with van der Waals surface area (Å²) in [4.78, 5) is 0. The van der Waals surface area contributed by atoms with Gasteiger partial charge in [-0.1, -0.05) is 57.0 Å². The Kier molecular flexibility index (Phi) is 7.31. The summed E-state index contributed by atoms with van der Waals surface area (Å²) >= 11 is 0. The fourth-order valence-corrected chi connectivity index (χ4v) is 3.15. The maximum absolute atomic E-state index is 12.1. The minimum absolute atomic E-state index is 0.0494. The third-order valence-corrected chi connectivity index (χ3v) is 5.21. The normalized spacial score (nSPS) is 13.8. The van der Waals surface area contributed by atoms with E-state index in [0.29, 0.717) is 6.54 Å². The Morgan fingerprint density at radius 2 is 1.76 bits per heavy atom. The first-order chi connectivity index (χ1) is 9.90. The maximum atomic E-state index is 12.1. The van der Waals surface area contributed by atoms with E-state index < -0.39 is 16.3 Å². The Balaban J connectivity index is 2.56. The molecule has 0 spiro atoms. The highest BCUT2D eigenvalue weighted by atomic mass is 32.2. The van der Waals surface area contributed by atoms with Gasteiger partial charge in [0.25, 0.3) is 10.2 Å². The average molecular weight is 314 g/mol. The van der Waals surface area contributed by atoms with Gasteiger partial charge in [0, 0.05) is 20.1 Å². The van der Waals surface area contributed by atoms with Crippen molar-refractivity contribution in [2.75, 3.05) is 13.6 Å². The number of aliphatic hydroxyl groups excluding tert-OH is 1. The molecule has 2 N–H and O–H groups in total. The molecule has 1 aromatic rings. The summed E-state index contributed by atoms with van der Waals surface area (Å²) in [5, 5.41) is 10.00. The molecular formula is C15H26N2O3S. The average Bonchev–Trinajstić information content (AvgIpc) is 2.47. The molecule has 0 fully saturated rings. The predicted octanol–water partition coefficient (Wildman–Crippen LogP) is 1.75. The van der Waals surface area contributed by atoms with E-state index in [4.69, 9.17) is 0 Å². The van der Waals surface area contributed by atoms with Crippen molar-refractivity contribution in [3.8, 4) is 0 Å². The van der Waals surface area contributed by atoms with Crippen molar-refractivity contribution in [1.82, 2.24) is 9.03 Å². The fraction of sp³-hybridized carbons (Fsp3) is 0.600. The molecule has 1 unspecified atom stereocenters. The van der Waals surface area contributed by atoms with Gasteiger partial charge in [0.2, 0.25) is 0 Å². The van der Waals surface area contributed by atoms with Gasteiger partial charge in [-0.15, -0.1) is 0 Å². The molecule has 0 aliphatic rings. The van der Waals surface area contributed by atoms with Crippen LogP contribution in [-0.2, 0) is 16.8 Å². The first-order valence-corrected chi connectivity index (χ1v) is 8.77. The molecule has 0 bridgehead atoms. The number of rotatable bonds is 9. The van der Waals surface area contributed by atoms with E-state index in [2.05, 4.69) is 4.72 Å². The molecule has 0 aromatic heterocycles. The van der Waals surface area contributed by atoms with Crippen LogP contribution >= 0.6 is 0 Å². The van der Waals surface area contributed by atoms with Gasteiger partial charge in [-0.05, 0) is 11.5 Å². The predicted molar refractivity (Wildman–Crippen MR) is 84.9 cm³/mol. The molecular weight excluding hydrogens is 288 g/mol. The third-order valence-electron chi connectivity index (χ3n) is 3.73. The number of benzene rings is 1. The van der Waals surface area contributed by atoms with Gasteiger partial charge < -0.3 is 5.11 Å². The largest absolute Gasteiger partial charge is 0.391 e. The zero-order chi connectivity index (χ0) is 15.9. The van der Waals surface area contributed by atoms with E-state index in [9.17, 15) is 13.5 Å². The van der Waals surface area contributed by atoms with Crippen LogP contribution in [0.25, 0.3) is 0 Å². The standard InChI is InChI=1S/C15H26N2O3S/c1-4-14(5-2)15(18)11-16-21(19,20)17(3)12-13-9-7-6-8-10-13/h6-10,14-16,18H,4-5,11-12H2,1-3H3. The van der Waals surface area contributed by atoms with Crippen LogP contribution in [0.3, 0.4) is 0 Å². The second-order valence-electron chi connectivity index (χ2n) is 5.24. The van der Waals surface area contributed by atoms with Crippen LogP contribution in [0.1, 0.15) is 32.3 Å². The van der Waals surface area contributed by atoms with Crippen molar-refractivity contribution in [2.24, 2.45) is 5.92 Å². The SMILES string of the molecule is CCC(CC)C(O)CNS(=O)(=O)N(C)Cc1ccccc1. The van der Waals surface area contributed by atoms with Gasteiger partial charge in [0.05, 0.1) is 6.10 Å². The third kappa shape index (κ3) is 5.74. The molecule has 0 saturated carbocycles. The highest BCUT2D eigenvalue weighted by molar-refractivity contribution is 7.87. The molecule has 1 rings (SSSR count). The smallest absolute Gasteiger partial charge is 0.279 e. The topological polar surface area (TPSA) is 69.6 Å². The summed E-state index contributed by atoms with van der Waals surface area (Å²) in [6.45, 7) is 4.34. The van der Waals surface area contributed by atoms with Crippen molar-refractivity contribution < 1.29 is 13.5 Å². The fourth-order valence-electron chi connectivity index (χ4n) is 2.23. The maximum Gasteiger partial charge on any atom is 0.279 e. The molecule has 0 aliphatic carbocycles. The summed E-state index contributed by atoms with van der Waals surface area (Å²) in [5.74, 6) is 0.118.